The van der Waals surface area contributed by atoms with Crippen molar-refractivity contribution in [2.24, 2.45) is 11.7 Å². The third kappa shape index (κ3) is 2.57. The first kappa shape index (κ1) is 14.3. The maximum Gasteiger partial charge on any atom is 0.0565 e. The fourth-order valence-corrected chi connectivity index (χ4v) is 3.76. The van der Waals surface area contributed by atoms with Gasteiger partial charge in [0.1, 0.15) is 0 Å². The van der Waals surface area contributed by atoms with E-state index in [0.29, 0.717) is 12.1 Å². The number of hydrogen-bond donors (Lipinski definition) is 1. The lowest BCUT2D eigenvalue weighted by Gasteiger charge is -2.46. The smallest absolute Gasteiger partial charge is 0.0565 e. The van der Waals surface area contributed by atoms with E-state index >= 15 is 0 Å². The van der Waals surface area contributed by atoms with Crippen LogP contribution in [0.25, 0.3) is 0 Å². The summed E-state index contributed by atoms with van der Waals surface area (Å²) in [7, 11) is 4.37. The monoisotopic (exact) mass is 255 g/mol. The van der Waals surface area contributed by atoms with Gasteiger partial charge in [-0.25, -0.2) is 0 Å². The Morgan fingerprint density at radius 2 is 2.06 bits per heavy atom. The molecule has 4 unspecified atom stereocenters. The van der Waals surface area contributed by atoms with Crippen LogP contribution in [0.5, 0.6) is 0 Å². The van der Waals surface area contributed by atoms with Gasteiger partial charge in [0.25, 0.3) is 0 Å². The molecular formula is C14H29N3O. The minimum absolute atomic E-state index is 0.177. The molecule has 0 spiro atoms. The van der Waals surface area contributed by atoms with E-state index in [1.165, 1.54) is 6.54 Å². The number of ether oxygens (including phenoxy) is 1. The summed E-state index contributed by atoms with van der Waals surface area (Å²) in [5, 5.41) is 0. The Labute approximate surface area is 111 Å². The fraction of sp³-hybridized carbons (Fsp3) is 1.00. The molecule has 0 aromatic rings. The molecular weight excluding hydrogens is 226 g/mol. The number of likely N-dealkylation sites (N-methyl/N-ethyl adjacent to an activating group) is 1. The molecule has 2 fully saturated rings. The van der Waals surface area contributed by atoms with Crippen molar-refractivity contribution >= 4 is 0 Å². The van der Waals surface area contributed by atoms with Crippen LogP contribution < -0.4 is 5.73 Å². The standard InChI is InChI=1S/C14H29N3O/c1-11-8-17(9-13(11)16(3)4)14(10-15)5-6-18-12(2)7-14/h11-13H,5-10,15H2,1-4H3. The Balaban J connectivity index is 2.09. The second-order valence-corrected chi connectivity index (χ2v) is 6.48. The van der Waals surface area contributed by atoms with Crippen molar-refractivity contribution in [3.8, 4) is 0 Å². The molecule has 4 atom stereocenters. The second-order valence-electron chi connectivity index (χ2n) is 6.48. The lowest BCUT2D eigenvalue weighted by molar-refractivity contribution is -0.0586. The Kier molecular flexibility index (Phi) is 4.32. The van der Waals surface area contributed by atoms with Gasteiger partial charge in [-0.2, -0.15) is 0 Å². The molecule has 0 bridgehead atoms. The number of nitrogens with two attached hydrogens (primary N) is 1. The van der Waals surface area contributed by atoms with Crippen LogP contribution in [0, 0.1) is 5.92 Å². The Morgan fingerprint density at radius 1 is 1.33 bits per heavy atom. The molecule has 2 N–H and O–H groups in total. The number of nitrogens with zero attached hydrogens (tertiary/aromatic N) is 2. The predicted molar refractivity (Wildman–Crippen MR) is 74.6 cm³/mol. The van der Waals surface area contributed by atoms with Crippen LogP contribution in [0.4, 0.5) is 0 Å². The van der Waals surface area contributed by atoms with Crippen molar-refractivity contribution in [1.82, 2.24) is 9.80 Å². The van der Waals surface area contributed by atoms with Crippen molar-refractivity contribution in [1.29, 1.82) is 0 Å². The molecule has 2 heterocycles. The van der Waals surface area contributed by atoms with Crippen LogP contribution in [-0.2, 0) is 4.74 Å². The minimum Gasteiger partial charge on any atom is -0.378 e. The van der Waals surface area contributed by atoms with E-state index in [9.17, 15) is 0 Å². The first-order chi connectivity index (χ1) is 8.48. The van der Waals surface area contributed by atoms with Gasteiger partial charge in [0.2, 0.25) is 0 Å². The zero-order valence-electron chi connectivity index (χ0n) is 12.4. The van der Waals surface area contributed by atoms with Crippen molar-refractivity contribution in [3.63, 3.8) is 0 Å². The van der Waals surface area contributed by atoms with E-state index in [1.807, 2.05) is 0 Å². The molecule has 0 saturated carbocycles. The average Bonchev–Trinajstić information content (AvgIpc) is 2.72. The van der Waals surface area contributed by atoms with E-state index in [1.54, 1.807) is 0 Å². The summed E-state index contributed by atoms with van der Waals surface area (Å²) in [6, 6.07) is 0.659. The van der Waals surface area contributed by atoms with Crippen LogP contribution in [0.2, 0.25) is 0 Å². The summed E-state index contributed by atoms with van der Waals surface area (Å²) in [6.07, 6.45) is 2.51. The highest BCUT2D eigenvalue weighted by Crippen LogP contribution is 2.35. The van der Waals surface area contributed by atoms with Crippen molar-refractivity contribution in [3.05, 3.63) is 0 Å². The summed E-state index contributed by atoms with van der Waals surface area (Å²) < 4.78 is 5.70. The zero-order chi connectivity index (χ0) is 13.3. The second kappa shape index (κ2) is 5.45. The summed E-state index contributed by atoms with van der Waals surface area (Å²) in [5.74, 6) is 0.724. The molecule has 2 saturated heterocycles. The van der Waals surface area contributed by atoms with E-state index in [0.717, 1.165) is 38.5 Å². The molecule has 18 heavy (non-hydrogen) atoms. The predicted octanol–water partition coefficient (Wildman–Crippen LogP) is 0.765. The van der Waals surface area contributed by atoms with Gasteiger partial charge < -0.3 is 15.4 Å². The average molecular weight is 255 g/mol. The summed E-state index contributed by atoms with van der Waals surface area (Å²) in [5.41, 5.74) is 6.31. The molecule has 2 rings (SSSR count). The Morgan fingerprint density at radius 3 is 2.56 bits per heavy atom. The molecule has 0 radical (unpaired) electrons. The number of hydrogen-bond acceptors (Lipinski definition) is 4. The van der Waals surface area contributed by atoms with E-state index < -0.39 is 0 Å². The molecule has 0 aliphatic carbocycles. The maximum atomic E-state index is 6.14. The van der Waals surface area contributed by atoms with Gasteiger partial charge >= 0.3 is 0 Å². The van der Waals surface area contributed by atoms with Gasteiger partial charge in [-0.15, -0.1) is 0 Å². The van der Waals surface area contributed by atoms with Gasteiger partial charge in [-0.3, -0.25) is 4.90 Å². The normalized spacial score (nSPS) is 42.7. The zero-order valence-corrected chi connectivity index (χ0v) is 12.4. The van der Waals surface area contributed by atoms with Gasteiger partial charge in [-0.05, 0) is 39.8 Å². The van der Waals surface area contributed by atoms with Crippen LogP contribution in [0.15, 0.2) is 0 Å². The quantitative estimate of drug-likeness (QED) is 0.808. The van der Waals surface area contributed by atoms with Crippen LogP contribution in [0.3, 0.4) is 0 Å². The summed E-state index contributed by atoms with van der Waals surface area (Å²) in [4.78, 5) is 5.00. The molecule has 0 aromatic carbocycles. The number of rotatable bonds is 3. The van der Waals surface area contributed by atoms with Gasteiger partial charge in [0, 0.05) is 37.8 Å². The van der Waals surface area contributed by atoms with Crippen molar-refractivity contribution in [2.75, 3.05) is 40.3 Å². The fourth-order valence-electron chi connectivity index (χ4n) is 3.76. The van der Waals surface area contributed by atoms with Crippen LogP contribution >= 0.6 is 0 Å². The van der Waals surface area contributed by atoms with Crippen LogP contribution in [0.1, 0.15) is 26.7 Å². The van der Waals surface area contributed by atoms with Crippen LogP contribution in [-0.4, -0.2) is 67.8 Å². The molecule has 0 aromatic heterocycles. The lowest BCUT2D eigenvalue weighted by Crippen LogP contribution is -2.58. The third-order valence-corrected chi connectivity index (χ3v) is 4.92. The van der Waals surface area contributed by atoms with Gasteiger partial charge in [0.05, 0.1) is 6.10 Å². The minimum atomic E-state index is 0.177. The SMILES string of the molecule is CC1CC(CN)(N2CC(C)C(N(C)C)C2)CCO1. The van der Waals surface area contributed by atoms with Crippen molar-refractivity contribution in [2.45, 2.75) is 44.4 Å². The molecule has 4 nitrogen and oxygen atoms in total. The van der Waals surface area contributed by atoms with Gasteiger partial charge in [-0.1, -0.05) is 6.92 Å². The first-order valence-electron chi connectivity index (χ1n) is 7.21. The molecule has 4 heteroatoms. The van der Waals surface area contributed by atoms with Crippen molar-refractivity contribution < 1.29 is 4.74 Å². The highest BCUT2D eigenvalue weighted by molar-refractivity contribution is 5.01. The Bertz CT molecular complexity index is 284. The van der Waals surface area contributed by atoms with Gasteiger partial charge in [0.15, 0.2) is 0 Å². The first-order valence-corrected chi connectivity index (χ1v) is 7.21. The molecule has 2 aliphatic heterocycles. The highest BCUT2D eigenvalue weighted by Gasteiger charge is 2.45. The van der Waals surface area contributed by atoms with E-state index in [-0.39, 0.29) is 5.54 Å². The Hall–Kier alpha value is -0.160. The summed E-state index contributed by atoms with van der Waals surface area (Å²) >= 11 is 0. The van der Waals surface area contributed by atoms with E-state index in [2.05, 4.69) is 37.7 Å². The topological polar surface area (TPSA) is 41.7 Å². The third-order valence-electron chi connectivity index (χ3n) is 4.92. The van der Waals surface area contributed by atoms with E-state index in [4.69, 9.17) is 10.5 Å². The molecule has 0 amide bonds. The number of likely N-dealkylation sites (tertiary alicyclic amines) is 1. The largest absolute Gasteiger partial charge is 0.378 e. The molecule has 2 aliphatic rings. The molecule has 106 valence electrons. The highest BCUT2D eigenvalue weighted by atomic mass is 16.5. The summed E-state index contributed by atoms with van der Waals surface area (Å²) in [6.45, 7) is 8.47. The maximum absolute atomic E-state index is 6.14. The lowest BCUT2D eigenvalue weighted by atomic mass is 9.85.